The van der Waals surface area contributed by atoms with Crippen molar-refractivity contribution in [1.29, 1.82) is 0 Å². The quantitative estimate of drug-likeness (QED) is 0.728. The second kappa shape index (κ2) is 7.27. The average molecular weight is 386 g/mol. The van der Waals surface area contributed by atoms with Crippen molar-refractivity contribution in [3.63, 3.8) is 0 Å². The minimum Gasteiger partial charge on any atom is -0.354 e. The van der Waals surface area contributed by atoms with Gasteiger partial charge in [-0.1, -0.05) is 35.9 Å². The van der Waals surface area contributed by atoms with E-state index in [0.29, 0.717) is 18.5 Å². The molecule has 2 saturated heterocycles. The van der Waals surface area contributed by atoms with Crippen LogP contribution in [-0.4, -0.2) is 34.4 Å². The highest BCUT2D eigenvalue weighted by atomic mass is 16.1. The molecule has 1 aromatic heterocycles. The maximum absolute atomic E-state index is 12.1. The molecule has 2 fully saturated rings. The second-order valence-corrected chi connectivity index (χ2v) is 8.63. The fraction of sp³-hybridized carbons (Fsp3) is 0.360. The molecule has 3 heterocycles. The van der Waals surface area contributed by atoms with Crippen LogP contribution in [0.25, 0.3) is 22.2 Å². The second-order valence-electron chi connectivity index (χ2n) is 8.63. The number of nitrogens with one attached hydrogen (secondary N) is 1. The number of carbonyl (C=O) groups excluding carboxylic acids is 1. The first-order valence-electron chi connectivity index (χ1n) is 10.6. The predicted molar refractivity (Wildman–Crippen MR) is 117 cm³/mol. The molecule has 5 rings (SSSR count). The molecule has 2 bridgehead atoms. The minimum absolute atomic E-state index is 0.188. The molecule has 0 spiro atoms. The largest absolute Gasteiger partial charge is 0.354 e. The molecule has 4 nitrogen and oxygen atoms in total. The summed E-state index contributed by atoms with van der Waals surface area (Å²) in [6, 6.07) is 18.2. The van der Waals surface area contributed by atoms with Gasteiger partial charge in [0, 0.05) is 42.5 Å². The van der Waals surface area contributed by atoms with Gasteiger partial charge in [-0.15, -0.1) is 0 Å². The fourth-order valence-corrected chi connectivity index (χ4v) is 4.91. The lowest BCUT2D eigenvalue weighted by atomic mass is 10.00. The van der Waals surface area contributed by atoms with E-state index in [4.69, 9.17) is 4.98 Å². The fourth-order valence-electron chi connectivity index (χ4n) is 4.91. The number of hydrogen-bond donors (Lipinski definition) is 1. The summed E-state index contributed by atoms with van der Waals surface area (Å²) in [6.45, 7) is 5.83. The van der Waals surface area contributed by atoms with Gasteiger partial charge in [0.25, 0.3) is 0 Å². The van der Waals surface area contributed by atoms with Gasteiger partial charge in [0.2, 0.25) is 5.91 Å². The number of carbonyl (C=O) groups is 1. The van der Waals surface area contributed by atoms with Gasteiger partial charge in [0.15, 0.2) is 0 Å². The van der Waals surface area contributed by atoms with E-state index >= 15 is 0 Å². The molecule has 2 aromatic carbocycles. The standard InChI is InChI=1S/C25H27N3O/c1-16-4-3-5-19(10-16)25-20(12-18-7-6-17(2)11-23(18)27-25)15-28-21-8-9-22(28)14-26-24(29)13-21/h3-7,10-12,21-22H,8-9,13-15H2,1-2H3,(H,26,29)/t21-,22+/m1/s1. The van der Waals surface area contributed by atoms with Gasteiger partial charge in [-0.2, -0.15) is 0 Å². The van der Waals surface area contributed by atoms with E-state index in [2.05, 4.69) is 72.6 Å². The topological polar surface area (TPSA) is 45.2 Å². The number of rotatable bonds is 3. The number of benzene rings is 2. The number of hydrogen-bond acceptors (Lipinski definition) is 3. The molecule has 0 aliphatic carbocycles. The molecular formula is C25H27N3O. The van der Waals surface area contributed by atoms with Crippen molar-refractivity contribution < 1.29 is 4.79 Å². The van der Waals surface area contributed by atoms with Gasteiger partial charge in [0.1, 0.15) is 0 Å². The number of pyridine rings is 1. The van der Waals surface area contributed by atoms with Gasteiger partial charge >= 0.3 is 0 Å². The van der Waals surface area contributed by atoms with Crippen LogP contribution in [0.1, 0.15) is 36.0 Å². The lowest BCUT2D eigenvalue weighted by Gasteiger charge is -2.28. The molecule has 0 saturated carbocycles. The molecule has 0 unspecified atom stereocenters. The van der Waals surface area contributed by atoms with Crippen molar-refractivity contribution in [2.45, 2.75) is 51.7 Å². The average Bonchev–Trinajstić information content (AvgIpc) is 2.99. The molecule has 1 amide bonds. The number of fused-ring (bicyclic) bond motifs is 3. The molecule has 3 aromatic rings. The Labute approximate surface area is 171 Å². The normalized spacial score (nSPS) is 21.9. The number of amides is 1. The summed E-state index contributed by atoms with van der Waals surface area (Å²) in [5.74, 6) is 0.188. The van der Waals surface area contributed by atoms with Crippen molar-refractivity contribution in [2.75, 3.05) is 6.54 Å². The van der Waals surface area contributed by atoms with Gasteiger partial charge in [-0.25, -0.2) is 4.98 Å². The summed E-state index contributed by atoms with van der Waals surface area (Å²) >= 11 is 0. The molecule has 29 heavy (non-hydrogen) atoms. The Morgan fingerprint density at radius 2 is 1.86 bits per heavy atom. The van der Waals surface area contributed by atoms with Gasteiger partial charge in [-0.05, 0) is 56.0 Å². The third-order valence-corrected chi connectivity index (χ3v) is 6.42. The van der Waals surface area contributed by atoms with Crippen molar-refractivity contribution in [3.8, 4) is 11.3 Å². The van der Waals surface area contributed by atoms with Crippen LogP contribution in [0.3, 0.4) is 0 Å². The predicted octanol–water partition coefficient (Wildman–Crippen LogP) is 4.37. The van der Waals surface area contributed by atoms with E-state index in [-0.39, 0.29) is 5.91 Å². The zero-order valence-electron chi connectivity index (χ0n) is 17.1. The first kappa shape index (κ1) is 18.3. The van der Waals surface area contributed by atoms with Crippen molar-refractivity contribution in [3.05, 3.63) is 65.2 Å². The number of aromatic nitrogens is 1. The minimum atomic E-state index is 0.188. The van der Waals surface area contributed by atoms with Gasteiger partial charge < -0.3 is 5.32 Å². The van der Waals surface area contributed by atoms with Crippen molar-refractivity contribution in [1.82, 2.24) is 15.2 Å². The monoisotopic (exact) mass is 385 g/mol. The van der Waals surface area contributed by atoms with E-state index in [1.54, 1.807) is 0 Å². The summed E-state index contributed by atoms with van der Waals surface area (Å²) < 4.78 is 0. The van der Waals surface area contributed by atoms with Crippen LogP contribution in [0.4, 0.5) is 0 Å². The Hall–Kier alpha value is -2.72. The first-order chi connectivity index (χ1) is 14.1. The van der Waals surface area contributed by atoms with E-state index in [1.165, 1.54) is 27.6 Å². The van der Waals surface area contributed by atoms with E-state index < -0.39 is 0 Å². The molecule has 148 valence electrons. The van der Waals surface area contributed by atoms with Crippen LogP contribution in [0.15, 0.2) is 48.5 Å². The Morgan fingerprint density at radius 1 is 1.03 bits per heavy atom. The number of aryl methyl sites for hydroxylation is 2. The summed E-state index contributed by atoms with van der Waals surface area (Å²) in [7, 11) is 0. The summed E-state index contributed by atoms with van der Waals surface area (Å²) in [5.41, 5.74) is 6.99. The SMILES string of the molecule is Cc1cccc(-c2nc3cc(C)ccc3cc2CN2[C@@H]3CC[C@H]2CNC(=O)C3)c1. The lowest BCUT2D eigenvalue weighted by molar-refractivity contribution is -0.121. The summed E-state index contributed by atoms with van der Waals surface area (Å²) in [6.07, 6.45) is 2.87. The van der Waals surface area contributed by atoms with Crippen molar-refractivity contribution in [2.24, 2.45) is 0 Å². The Balaban J connectivity index is 1.61. The molecule has 2 aliphatic rings. The highest BCUT2D eigenvalue weighted by molar-refractivity contribution is 5.84. The third-order valence-electron chi connectivity index (χ3n) is 6.42. The molecule has 2 aliphatic heterocycles. The summed E-state index contributed by atoms with van der Waals surface area (Å²) in [4.78, 5) is 19.7. The van der Waals surface area contributed by atoms with E-state index in [0.717, 1.165) is 37.1 Å². The Morgan fingerprint density at radius 3 is 2.72 bits per heavy atom. The van der Waals surface area contributed by atoms with Crippen LogP contribution in [0.5, 0.6) is 0 Å². The van der Waals surface area contributed by atoms with Gasteiger partial charge in [0.05, 0.1) is 11.2 Å². The zero-order valence-corrected chi connectivity index (χ0v) is 17.1. The van der Waals surface area contributed by atoms with Crippen LogP contribution < -0.4 is 5.32 Å². The lowest BCUT2D eigenvalue weighted by Crippen LogP contribution is -2.37. The molecule has 4 heteroatoms. The van der Waals surface area contributed by atoms with Gasteiger partial charge in [-0.3, -0.25) is 9.69 Å². The third kappa shape index (κ3) is 3.53. The molecular weight excluding hydrogens is 358 g/mol. The molecule has 1 N–H and O–H groups in total. The van der Waals surface area contributed by atoms with E-state index in [1.807, 2.05) is 0 Å². The smallest absolute Gasteiger partial charge is 0.221 e. The number of nitrogens with zero attached hydrogens (tertiary/aromatic N) is 2. The molecule has 2 atom stereocenters. The first-order valence-corrected chi connectivity index (χ1v) is 10.6. The van der Waals surface area contributed by atoms with Crippen molar-refractivity contribution >= 4 is 16.8 Å². The molecule has 0 radical (unpaired) electrons. The highest BCUT2D eigenvalue weighted by Crippen LogP contribution is 2.33. The van der Waals surface area contributed by atoms with Crippen LogP contribution >= 0.6 is 0 Å². The van der Waals surface area contributed by atoms with Crippen LogP contribution in [-0.2, 0) is 11.3 Å². The Bertz CT molecular complexity index is 1090. The van der Waals surface area contributed by atoms with Crippen LogP contribution in [0, 0.1) is 13.8 Å². The van der Waals surface area contributed by atoms with E-state index in [9.17, 15) is 4.79 Å². The highest BCUT2D eigenvalue weighted by Gasteiger charge is 2.37. The zero-order chi connectivity index (χ0) is 20.0. The van der Waals surface area contributed by atoms with Crippen LogP contribution in [0.2, 0.25) is 0 Å². The maximum Gasteiger partial charge on any atom is 0.221 e. The summed E-state index contributed by atoms with van der Waals surface area (Å²) in [5, 5.41) is 4.26. The Kier molecular flexibility index (Phi) is 4.59. The maximum atomic E-state index is 12.1.